The lowest BCUT2D eigenvalue weighted by atomic mass is 10.2. The lowest BCUT2D eigenvalue weighted by Crippen LogP contribution is -1.98. The van der Waals surface area contributed by atoms with Crippen LogP contribution in [-0.4, -0.2) is 35.3 Å². The molecule has 0 aliphatic heterocycles. The number of methoxy groups -OCH3 is 2. The molecule has 7 heteroatoms. The van der Waals surface area contributed by atoms with E-state index in [0.29, 0.717) is 10.5 Å². The lowest BCUT2D eigenvalue weighted by Gasteiger charge is -2.06. The Morgan fingerprint density at radius 3 is 2.85 bits per heavy atom. The molecule has 0 atom stereocenters. The number of rotatable bonds is 5. The van der Waals surface area contributed by atoms with Gasteiger partial charge in [0, 0.05) is 18.1 Å². The second-order valence-electron chi connectivity index (χ2n) is 3.96. The van der Waals surface area contributed by atoms with Crippen molar-refractivity contribution in [2.45, 2.75) is 13.3 Å². The van der Waals surface area contributed by atoms with Gasteiger partial charge in [-0.15, -0.1) is 0 Å². The van der Waals surface area contributed by atoms with Crippen molar-refractivity contribution in [3.8, 4) is 11.5 Å². The zero-order valence-electron chi connectivity index (χ0n) is 11.6. The highest BCUT2D eigenvalue weighted by Crippen LogP contribution is 2.23. The summed E-state index contributed by atoms with van der Waals surface area (Å²) in [5.74, 6) is 2.19. The van der Waals surface area contributed by atoms with E-state index in [-0.39, 0.29) is 0 Å². The fourth-order valence-electron chi connectivity index (χ4n) is 1.72. The van der Waals surface area contributed by atoms with E-state index in [1.165, 1.54) is 0 Å². The molecule has 1 aromatic heterocycles. The highest BCUT2D eigenvalue weighted by molar-refractivity contribution is 7.71. The fraction of sp³-hybridized carbons (Fsp3) is 0.308. The minimum Gasteiger partial charge on any atom is -0.497 e. The van der Waals surface area contributed by atoms with Crippen molar-refractivity contribution < 1.29 is 9.47 Å². The predicted molar refractivity (Wildman–Crippen MR) is 79.3 cm³/mol. The van der Waals surface area contributed by atoms with Crippen LogP contribution in [0, 0.1) is 4.77 Å². The minimum absolute atomic E-state index is 0.463. The van der Waals surface area contributed by atoms with Crippen LogP contribution in [-0.2, 0) is 6.42 Å². The molecule has 0 aliphatic carbocycles. The first-order chi connectivity index (χ1) is 9.69. The fourth-order valence-corrected chi connectivity index (χ4v) is 1.92. The van der Waals surface area contributed by atoms with Crippen molar-refractivity contribution >= 4 is 18.4 Å². The molecule has 0 radical (unpaired) electrons. The molecule has 0 saturated carbocycles. The summed E-state index contributed by atoms with van der Waals surface area (Å²) in [5, 5.41) is 11.2. The van der Waals surface area contributed by atoms with Crippen molar-refractivity contribution in [1.29, 1.82) is 0 Å². The Hall–Kier alpha value is -2.15. The first-order valence-electron chi connectivity index (χ1n) is 6.12. The first kappa shape index (κ1) is 14.3. The number of aromatic amines is 1. The van der Waals surface area contributed by atoms with Gasteiger partial charge in [-0.05, 0) is 24.4 Å². The number of aromatic nitrogens is 3. The number of nitrogens with one attached hydrogen (secondary N) is 1. The summed E-state index contributed by atoms with van der Waals surface area (Å²) < 4.78 is 12.5. The highest BCUT2D eigenvalue weighted by atomic mass is 32.1. The van der Waals surface area contributed by atoms with Crippen LogP contribution in [0.15, 0.2) is 23.3 Å². The maximum absolute atomic E-state index is 5.31. The molecule has 1 aromatic carbocycles. The molecule has 0 fully saturated rings. The van der Waals surface area contributed by atoms with Crippen LogP contribution < -0.4 is 9.47 Å². The standard InChI is InChI=1S/C13H16N4O2S/c1-4-12-15-16-13(20)17(12)14-8-9-5-6-10(18-2)7-11(9)19-3/h5-8H,4H2,1-3H3,(H,16,20)/b14-8-. The molecule has 0 unspecified atom stereocenters. The van der Waals surface area contributed by atoms with E-state index in [0.717, 1.165) is 23.6 Å². The maximum atomic E-state index is 5.31. The molecule has 2 rings (SSSR count). The van der Waals surface area contributed by atoms with Crippen LogP contribution in [0.5, 0.6) is 11.5 Å². The number of benzene rings is 1. The van der Waals surface area contributed by atoms with Crippen LogP contribution in [0.2, 0.25) is 0 Å². The topological polar surface area (TPSA) is 64.4 Å². The second-order valence-corrected chi connectivity index (χ2v) is 4.35. The van der Waals surface area contributed by atoms with Crippen molar-refractivity contribution in [3.63, 3.8) is 0 Å². The quantitative estimate of drug-likeness (QED) is 0.679. The molecular formula is C13H16N4O2S. The third kappa shape index (κ3) is 2.88. The Labute approximate surface area is 122 Å². The summed E-state index contributed by atoms with van der Waals surface area (Å²) in [4.78, 5) is 0. The molecule has 106 valence electrons. The van der Waals surface area contributed by atoms with Crippen LogP contribution in [0.4, 0.5) is 0 Å². The lowest BCUT2D eigenvalue weighted by molar-refractivity contribution is 0.394. The Morgan fingerprint density at radius 2 is 2.20 bits per heavy atom. The van der Waals surface area contributed by atoms with Crippen LogP contribution in [0.3, 0.4) is 0 Å². The molecule has 0 bridgehead atoms. The summed E-state index contributed by atoms with van der Waals surface area (Å²) in [7, 11) is 3.22. The summed E-state index contributed by atoms with van der Waals surface area (Å²) >= 11 is 5.14. The Bertz CT molecular complexity index is 675. The first-order valence-corrected chi connectivity index (χ1v) is 6.53. The van der Waals surface area contributed by atoms with Crippen molar-refractivity contribution in [2.24, 2.45) is 5.10 Å². The number of hydrogen-bond donors (Lipinski definition) is 1. The number of H-pyrrole nitrogens is 1. The molecule has 0 aliphatic rings. The number of aryl methyl sites for hydroxylation is 1. The van der Waals surface area contributed by atoms with Gasteiger partial charge in [-0.3, -0.25) is 5.10 Å². The minimum atomic E-state index is 0.463. The van der Waals surface area contributed by atoms with Gasteiger partial charge in [0.05, 0.1) is 20.4 Å². The summed E-state index contributed by atoms with van der Waals surface area (Å²) in [6, 6.07) is 5.52. The second kappa shape index (κ2) is 6.33. The molecule has 1 N–H and O–H groups in total. The van der Waals surface area contributed by atoms with Gasteiger partial charge in [0.25, 0.3) is 0 Å². The van der Waals surface area contributed by atoms with Gasteiger partial charge in [0.1, 0.15) is 11.5 Å². The SMILES string of the molecule is CCc1n[nH]c(=S)n1/N=C\c1ccc(OC)cc1OC. The normalized spacial score (nSPS) is 10.9. The monoisotopic (exact) mass is 292 g/mol. The van der Waals surface area contributed by atoms with Crippen LogP contribution in [0.25, 0.3) is 0 Å². The number of ether oxygens (including phenoxy) is 2. The van der Waals surface area contributed by atoms with Crippen LogP contribution >= 0.6 is 12.2 Å². The molecule has 2 aromatic rings. The third-order valence-electron chi connectivity index (χ3n) is 2.79. The molecule has 20 heavy (non-hydrogen) atoms. The van der Waals surface area contributed by atoms with E-state index in [9.17, 15) is 0 Å². The van der Waals surface area contributed by atoms with Crippen molar-refractivity contribution in [1.82, 2.24) is 14.9 Å². The van der Waals surface area contributed by atoms with E-state index in [4.69, 9.17) is 21.7 Å². The highest BCUT2D eigenvalue weighted by Gasteiger charge is 2.04. The average molecular weight is 292 g/mol. The van der Waals surface area contributed by atoms with E-state index in [2.05, 4.69) is 15.3 Å². The zero-order chi connectivity index (χ0) is 14.5. The van der Waals surface area contributed by atoms with E-state index in [1.807, 2.05) is 19.1 Å². The maximum Gasteiger partial charge on any atom is 0.216 e. The molecule has 6 nitrogen and oxygen atoms in total. The summed E-state index contributed by atoms with van der Waals surface area (Å²) in [6.45, 7) is 1.99. The largest absolute Gasteiger partial charge is 0.497 e. The molecular weight excluding hydrogens is 276 g/mol. The average Bonchev–Trinajstić information content (AvgIpc) is 2.85. The van der Waals surface area contributed by atoms with Crippen molar-refractivity contribution in [2.75, 3.05) is 14.2 Å². The van der Waals surface area contributed by atoms with Gasteiger partial charge in [0.2, 0.25) is 4.77 Å². The third-order valence-corrected chi connectivity index (χ3v) is 3.05. The van der Waals surface area contributed by atoms with E-state index < -0.39 is 0 Å². The Morgan fingerprint density at radius 1 is 1.40 bits per heavy atom. The van der Waals surface area contributed by atoms with Gasteiger partial charge < -0.3 is 9.47 Å². The predicted octanol–water partition coefficient (Wildman–Crippen LogP) is 2.40. The number of nitrogens with zero attached hydrogens (tertiary/aromatic N) is 3. The summed E-state index contributed by atoms with van der Waals surface area (Å²) in [6.07, 6.45) is 2.42. The van der Waals surface area contributed by atoms with Gasteiger partial charge in [-0.25, -0.2) is 0 Å². The molecule has 1 heterocycles. The summed E-state index contributed by atoms with van der Waals surface area (Å²) in [5.41, 5.74) is 0.832. The zero-order valence-corrected chi connectivity index (χ0v) is 12.4. The Kier molecular flexibility index (Phi) is 4.52. The molecule has 0 amide bonds. The van der Waals surface area contributed by atoms with Gasteiger partial charge in [-0.2, -0.15) is 14.9 Å². The van der Waals surface area contributed by atoms with E-state index in [1.54, 1.807) is 31.2 Å². The van der Waals surface area contributed by atoms with Gasteiger partial charge in [0.15, 0.2) is 5.82 Å². The van der Waals surface area contributed by atoms with Crippen molar-refractivity contribution in [3.05, 3.63) is 34.4 Å². The Balaban J connectivity index is 2.36. The molecule has 0 spiro atoms. The number of hydrogen-bond acceptors (Lipinski definition) is 5. The van der Waals surface area contributed by atoms with E-state index >= 15 is 0 Å². The smallest absolute Gasteiger partial charge is 0.216 e. The van der Waals surface area contributed by atoms with Gasteiger partial charge in [-0.1, -0.05) is 6.92 Å². The molecule has 0 saturated heterocycles. The van der Waals surface area contributed by atoms with Gasteiger partial charge >= 0.3 is 0 Å². The van der Waals surface area contributed by atoms with Crippen LogP contribution in [0.1, 0.15) is 18.3 Å².